The van der Waals surface area contributed by atoms with Crippen LogP contribution in [0.25, 0.3) is 0 Å². The average molecular weight is 375 g/mol. The number of rotatable bonds is 4. The molecule has 3 saturated heterocycles. The van der Waals surface area contributed by atoms with Gasteiger partial charge in [-0.25, -0.2) is 0 Å². The van der Waals surface area contributed by atoms with Crippen LogP contribution in [0, 0.1) is 16.7 Å². The molecular weight excluding hydrogens is 346 g/mol. The number of carbonyl (C=O) groups excluding carboxylic acids is 3. The molecule has 0 aliphatic carbocycles. The first-order valence-corrected chi connectivity index (χ1v) is 9.68. The maximum Gasteiger partial charge on any atom is 0.245 e. The SMILES string of the molecule is CC(C)(C)CC(=O)N1C[C@H]2C[C@@H]1C(=O)N2C[C@H](N)C(=O)N1CCC[C@H]1C#N. The lowest BCUT2D eigenvalue weighted by molar-refractivity contribution is -0.148. The van der Waals surface area contributed by atoms with Gasteiger partial charge in [-0.05, 0) is 24.7 Å². The molecule has 3 rings (SSSR count). The summed E-state index contributed by atoms with van der Waals surface area (Å²) in [6, 6.07) is 0.393. The lowest BCUT2D eigenvalue weighted by atomic mass is 9.91. The van der Waals surface area contributed by atoms with Gasteiger partial charge in [0.1, 0.15) is 18.1 Å². The molecule has 0 saturated carbocycles. The van der Waals surface area contributed by atoms with Crippen LogP contribution in [0.5, 0.6) is 0 Å². The molecular formula is C19H29N5O3. The van der Waals surface area contributed by atoms with E-state index in [2.05, 4.69) is 6.07 Å². The molecule has 27 heavy (non-hydrogen) atoms. The van der Waals surface area contributed by atoms with E-state index in [4.69, 9.17) is 11.0 Å². The van der Waals surface area contributed by atoms with E-state index in [1.165, 1.54) is 4.90 Å². The zero-order valence-electron chi connectivity index (χ0n) is 16.4. The van der Waals surface area contributed by atoms with Crippen molar-refractivity contribution in [3.8, 4) is 6.07 Å². The summed E-state index contributed by atoms with van der Waals surface area (Å²) in [7, 11) is 0. The first kappa shape index (κ1) is 19.6. The second-order valence-electron chi connectivity index (χ2n) is 9.10. The number of hydrogen-bond acceptors (Lipinski definition) is 5. The Bertz CT molecular complexity index is 680. The van der Waals surface area contributed by atoms with Crippen molar-refractivity contribution in [3.05, 3.63) is 0 Å². The number of fused-ring (bicyclic) bond motifs is 2. The maximum atomic E-state index is 12.7. The third-order valence-electron chi connectivity index (χ3n) is 5.69. The van der Waals surface area contributed by atoms with Gasteiger partial charge in [0.15, 0.2) is 0 Å². The number of piperazine rings is 1. The van der Waals surface area contributed by atoms with E-state index in [1.54, 1.807) is 9.80 Å². The van der Waals surface area contributed by atoms with Crippen LogP contribution in [-0.4, -0.2) is 76.2 Å². The number of amides is 3. The minimum Gasteiger partial charge on any atom is -0.334 e. The Balaban J connectivity index is 1.59. The highest BCUT2D eigenvalue weighted by molar-refractivity contribution is 5.92. The van der Waals surface area contributed by atoms with E-state index < -0.39 is 18.1 Å². The van der Waals surface area contributed by atoms with Crippen molar-refractivity contribution in [2.45, 2.75) is 70.6 Å². The molecule has 0 aromatic rings. The predicted octanol–water partition coefficient (Wildman–Crippen LogP) is 0.0762. The standard InChI is InChI=1S/C19H29N5O3/c1-19(2,3)8-16(25)24-10-13-7-15(24)18(27)23(13)11-14(21)17(26)22-6-4-5-12(22)9-20/h12-15H,4-8,10-11,21H2,1-3H3/t12-,13+,14-,15+/m0/s1. The molecule has 0 aromatic heterocycles. The fourth-order valence-corrected chi connectivity index (χ4v) is 4.38. The number of hydrogen-bond donors (Lipinski definition) is 1. The fourth-order valence-electron chi connectivity index (χ4n) is 4.38. The predicted molar refractivity (Wildman–Crippen MR) is 98.0 cm³/mol. The minimum atomic E-state index is -0.832. The Morgan fingerprint density at radius 3 is 2.63 bits per heavy atom. The monoisotopic (exact) mass is 375 g/mol. The summed E-state index contributed by atoms with van der Waals surface area (Å²) in [5.41, 5.74) is 5.97. The highest BCUT2D eigenvalue weighted by atomic mass is 16.2. The van der Waals surface area contributed by atoms with Crippen LogP contribution in [-0.2, 0) is 14.4 Å². The minimum absolute atomic E-state index is 0.0114. The van der Waals surface area contributed by atoms with Gasteiger partial charge < -0.3 is 20.4 Å². The maximum absolute atomic E-state index is 12.7. The molecule has 3 heterocycles. The zero-order chi connectivity index (χ0) is 19.9. The van der Waals surface area contributed by atoms with E-state index in [0.29, 0.717) is 32.4 Å². The van der Waals surface area contributed by atoms with E-state index in [-0.39, 0.29) is 35.7 Å². The normalized spacial score (nSPS) is 28.6. The number of nitrogens with two attached hydrogens (primary N) is 1. The lowest BCUT2D eigenvalue weighted by Gasteiger charge is -2.36. The molecule has 4 atom stereocenters. The molecule has 0 unspecified atom stereocenters. The van der Waals surface area contributed by atoms with Crippen LogP contribution in [0.3, 0.4) is 0 Å². The van der Waals surface area contributed by atoms with Crippen LogP contribution >= 0.6 is 0 Å². The second-order valence-corrected chi connectivity index (χ2v) is 9.10. The van der Waals surface area contributed by atoms with E-state index in [9.17, 15) is 14.4 Å². The molecule has 3 fully saturated rings. The van der Waals surface area contributed by atoms with Gasteiger partial charge in [-0.2, -0.15) is 5.26 Å². The van der Waals surface area contributed by atoms with Crippen LogP contribution in [0.1, 0.15) is 46.5 Å². The summed E-state index contributed by atoms with van der Waals surface area (Å²) in [4.78, 5) is 42.7. The molecule has 8 nitrogen and oxygen atoms in total. The first-order chi connectivity index (χ1) is 12.6. The molecule has 2 bridgehead atoms. The Morgan fingerprint density at radius 2 is 2.04 bits per heavy atom. The molecule has 3 amide bonds. The van der Waals surface area contributed by atoms with Crippen LogP contribution in [0.15, 0.2) is 0 Å². The summed E-state index contributed by atoms with van der Waals surface area (Å²) in [5.74, 6) is -0.373. The molecule has 0 radical (unpaired) electrons. The highest BCUT2D eigenvalue weighted by Gasteiger charge is 2.52. The number of nitrogens with zero attached hydrogens (tertiary/aromatic N) is 4. The fraction of sp³-hybridized carbons (Fsp3) is 0.789. The largest absolute Gasteiger partial charge is 0.334 e. The Labute approximate surface area is 160 Å². The second kappa shape index (κ2) is 7.12. The van der Waals surface area contributed by atoms with Crippen molar-refractivity contribution in [3.63, 3.8) is 0 Å². The van der Waals surface area contributed by atoms with Gasteiger partial charge in [-0.15, -0.1) is 0 Å². The lowest BCUT2D eigenvalue weighted by Crippen LogP contribution is -2.57. The quantitative estimate of drug-likeness (QED) is 0.748. The molecule has 0 spiro atoms. The summed E-state index contributed by atoms with van der Waals surface area (Å²) >= 11 is 0. The van der Waals surface area contributed by atoms with Crippen LogP contribution in [0.2, 0.25) is 0 Å². The summed E-state index contributed by atoms with van der Waals surface area (Å²) in [6.45, 7) is 7.21. The average Bonchev–Trinajstić information content (AvgIpc) is 3.28. The molecule has 8 heteroatoms. The molecule has 2 N–H and O–H groups in total. The molecule has 3 aliphatic heterocycles. The number of likely N-dealkylation sites (tertiary alicyclic amines) is 3. The molecule has 0 aromatic carbocycles. The van der Waals surface area contributed by atoms with Gasteiger partial charge in [0, 0.05) is 26.1 Å². The third-order valence-corrected chi connectivity index (χ3v) is 5.69. The van der Waals surface area contributed by atoms with Gasteiger partial charge in [0.2, 0.25) is 17.7 Å². The van der Waals surface area contributed by atoms with Gasteiger partial charge >= 0.3 is 0 Å². The van der Waals surface area contributed by atoms with Crippen molar-refractivity contribution < 1.29 is 14.4 Å². The molecule has 3 aliphatic rings. The van der Waals surface area contributed by atoms with Crippen molar-refractivity contribution in [1.29, 1.82) is 5.26 Å². The van der Waals surface area contributed by atoms with E-state index >= 15 is 0 Å². The molecule has 148 valence electrons. The van der Waals surface area contributed by atoms with Gasteiger partial charge in [-0.1, -0.05) is 20.8 Å². The van der Waals surface area contributed by atoms with Gasteiger partial charge in [0.05, 0.1) is 12.1 Å². The summed E-state index contributed by atoms with van der Waals surface area (Å²) < 4.78 is 0. The van der Waals surface area contributed by atoms with Gasteiger partial charge in [-0.3, -0.25) is 14.4 Å². The summed E-state index contributed by atoms with van der Waals surface area (Å²) in [6.07, 6.45) is 2.49. The van der Waals surface area contributed by atoms with Crippen LogP contribution in [0.4, 0.5) is 0 Å². The smallest absolute Gasteiger partial charge is 0.245 e. The number of carbonyl (C=O) groups is 3. The highest BCUT2D eigenvalue weighted by Crippen LogP contribution is 2.34. The van der Waals surface area contributed by atoms with Crippen molar-refractivity contribution in [2.24, 2.45) is 11.1 Å². The van der Waals surface area contributed by atoms with Crippen molar-refractivity contribution in [2.75, 3.05) is 19.6 Å². The topological polar surface area (TPSA) is 111 Å². The Kier molecular flexibility index (Phi) is 5.17. The first-order valence-electron chi connectivity index (χ1n) is 9.68. The Morgan fingerprint density at radius 1 is 1.33 bits per heavy atom. The summed E-state index contributed by atoms with van der Waals surface area (Å²) in [5, 5.41) is 9.15. The number of nitriles is 1. The van der Waals surface area contributed by atoms with Crippen molar-refractivity contribution >= 4 is 17.7 Å². The zero-order valence-corrected chi connectivity index (χ0v) is 16.4. The third kappa shape index (κ3) is 3.79. The van der Waals surface area contributed by atoms with Gasteiger partial charge in [0.25, 0.3) is 0 Å². The Hall–Kier alpha value is -2.14. The van der Waals surface area contributed by atoms with Crippen molar-refractivity contribution in [1.82, 2.24) is 14.7 Å². The van der Waals surface area contributed by atoms with Crippen LogP contribution < -0.4 is 5.73 Å². The van der Waals surface area contributed by atoms with E-state index in [1.807, 2.05) is 20.8 Å². The van der Waals surface area contributed by atoms with E-state index in [0.717, 1.165) is 6.42 Å².